The number of anilines is 12. The van der Waals surface area contributed by atoms with Crippen LogP contribution in [0.3, 0.4) is 0 Å². The first-order chi connectivity index (χ1) is 48.9. The number of para-hydroxylation sites is 7. The van der Waals surface area contributed by atoms with Gasteiger partial charge in [-0.25, -0.2) is 0 Å². The predicted octanol–water partition coefficient (Wildman–Crippen LogP) is 20.7. The Labute approximate surface area is 586 Å². The van der Waals surface area contributed by atoms with E-state index in [1.165, 1.54) is 43.8 Å². The Hall–Kier alpha value is -12.0. The Kier molecular flexibility index (Phi) is 13.5. The summed E-state index contributed by atoms with van der Waals surface area (Å²) in [4.78, 5) is 10.1. The van der Waals surface area contributed by atoms with Crippen LogP contribution in [0.2, 0.25) is 0 Å². The third-order valence-electron chi connectivity index (χ3n) is 21.3. The monoisotopic (exact) mass is 1280 g/mol. The molecular formula is C92H71B2N5O. The molecule has 6 nitrogen and oxygen atoms in total. The van der Waals surface area contributed by atoms with Gasteiger partial charge in [0, 0.05) is 85.2 Å². The number of hydrogen-bond donors (Lipinski definition) is 0. The zero-order chi connectivity index (χ0) is 67.1. The summed E-state index contributed by atoms with van der Waals surface area (Å²) in [5.41, 5.74) is 30.6. The topological polar surface area (TPSA) is 27.1 Å². The molecule has 0 fully saturated rings. The van der Waals surface area contributed by atoms with Gasteiger partial charge in [0.2, 0.25) is 0 Å². The predicted molar refractivity (Wildman–Crippen MR) is 424 cm³/mol. The van der Waals surface area contributed by atoms with Crippen molar-refractivity contribution in [2.75, 3.05) is 19.6 Å². The molecule has 8 heteroatoms. The Morgan fingerprint density at radius 3 is 1.33 bits per heavy atom. The van der Waals surface area contributed by atoms with Crippen LogP contribution in [0.5, 0.6) is 11.5 Å². The molecule has 0 N–H and O–H groups in total. The van der Waals surface area contributed by atoms with Crippen molar-refractivity contribution in [3.05, 3.63) is 333 Å². The molecule has 0 saturated heterocycles. The van der Waals surface area contributed by atoms with Crippen molar-refractivity contribution in [3.8, 4) is 39.4 Å². The van der Waals surface area contributed by atoms with Gasteiger partial charge in [0.25, 0.3) is 13.4 Å². The Bertz CT molecular complexity index is 5690. The van der Waals surface area contributed by atoms with Crippen molar-refractivity contribution >= 4 is 136 Å². The fourth-order valence-corrected chi connectivity index (χ4v) is 16.6. The maximum atomic E-state index is 7.97. The molecule has 0 radical (unpaired) electrons. The molecule has 0 atom stereocenters. The summed E-state index contributed by atoms with van der Waals surface area (Å²) in [6.07, 6.45) is 0. The highest BCUT2D eigenvalue weighted by atomic mass is 16.5. The zero-order valence-corrected chi connectivity index (χ0v) is 56.9. The molecule has 4 aliphatic rings. The van der Waals surface area contributed by atoms with Crippen LogP contribution in [-0.2, 0) is 10.8 Å². The number of fused-ring (bicyclic) bond motifs is 11. The lowest BCUT2D eigenvalue weighted by Crippen LogP contribution is -2.64. The molecule has 0 unspecified atom stereocenters. The van der Waals surface area contributed by atoms with Gasteiger partial charge in [0.05, 0.1) is 33.8 Å². The minimum absolute atomic E-state index is 0.0503. The lowest BCUT2D eigenvalue weighted by atomic mass is 9.30. The first-order valence-corrected chi connectivity index (χ1v) is 35.0. The summed E-state index contributed by atoms with van der Waals surface area (Å²) in [7, 11) is 0. The van der Waals surface area contributed by atoms with E-state index in [0.29, 0.717) is 0 Å². The average Bonchev–Trinajstić information content (AvgIpc) is 0.727. The van der Waals surface area contributed by atoms with Gasteiger partial charge in [-0.05, 0) is 169 Å². The van der Waals surface area contributed by atoms with E-state index in [9.17, 15) is 0 Å². The highest BCUT2D eigenvalue weighted by Crippen LogP contribution is 2.53. The number of ether oxygens (including phenoxy) is 1. The van der Waals surface area contributed by atoms with Crippen LogP contribution in [0.15, 0.2) is 322 Å². The van der Waals surface area contributed by atoms with Crippen LogP contribution in [0.25, 0.3) is 49.7 Å². The Balaban J connectivity index is 0.910. The van der Waals surface area contributed by atoms with Crippen molar-refractivity contribution in [3.63, 3.8) is 0 Å². The zero-order valence-electron chi connectivity index (χ0n) is 56.9. The highest BCUT2D eigenvalue weighted by Gasteiger charge is 2.48. The standard InChI is InChI=1S/C92H71B2N5O/c1-91(2,3)62-48-50-79-71(52-62)72-53-63(92(4,5)6)49-51-80(72)98(79)68-56-86-90-88(57-68)100-87-59-83-75(58-76(87)94(90)74-43-25-29-47-82(74)97(86)66-38-20-11-21-39-66)93-73-42-24-28-46-81(73)96(65-36-18-10-19-37-65)84-54-67(55-85(89(84)93)99(83)78-45-27-23-41-70(78)61-32-14-8-15-33-61)95(64-34-16-9-17-35-64)77-44-26-22-40-69(77)60-30-12-7-13-31-60/h7-59H,1-6H3. The second kappa shape index (κ2) is 22.8. The highest BCUT2D eigenvalue weighted by molar-refractivity contribution is 7.02. The summed E-state index contributed by atoms with van der Waals surface area (Å²) in [5, 5.41) is 2.48. The second-order valence-electron chi connectivity index (χ2n) is 29.2. The van der Waals surface area contributed by atoms with Crippen LogP contribution in [0.4, 0.5) is 68.2 Å². The van der Waals surface area contributed by atoms with Crippen molar-refractivity contribution in [2.45, 2.75) is 52.4 Å². The van der Waals surface area contributed by atoms with E-state index in [4.69, 9.17) is 4.74 Å². The third-order valence-corrected chi connectivity index (χ3v) is 21.3. The average molecular weight is 1280 g/mol. The normalized spacial score (nSPS) is 13.3. The van der Waals surface area contributed by atoms with Gasteiger partial charge in [0.1, 0.15) is 11.5 Å². The lowest BCUT2D eigenvalue weighted by molar-refractivity contribution is 0.487. The molecular weight excluding hydrogens is 1210 g/mol. The molecule has 100 heavy (non-hydrogen) atoms. The fraction of sp³-hybridized carbons (Fsp3) is 0.0870. The summed E-state index contributed by atoms with van der Waals surface area (Å²) in [6.45, 7) is 13.5. The van der Waals surface area contributed by atoms with Gasteiger partial charge in [-0.1, -0.05) is 248 Å². The largest absolute Gasteiger partial charge is 0.458 e. The lowest BCUT2D eigenvalue weighted by Gasteiger charge is -2.46. The number of aromatic nitrogens is 1. The second-order valence-corrected chi connectivity index (χ2v) is 29.2. The first kappa shape index (κ1) is 59.3. The fourth-order valence-electron chi connectivity index (χ4n) is 16.6. The van der Waals surface area contributed by atoms with E-state index < -0.39 is 0 Å². The number of rotatable bonds is 9. The van der Waals surface area contributed by atoms with Crippen molar-refractivity contribution < 1.29 is 4.74 Å². The Morgan fingerprint density at radius 1 is 0.300 bits per heavy atom. The third kappa shape index (κ3) is 9.34. The molecule has 476 valence electrons. The minimum atomic E-state index is -0.215. The van der Waals surface area contributed by atoms with Crippen molar-refractivity contribution in [1.29, 1.82) is 0 Å². The number of nitrogens with zero attached hydrogens (tertiary/aromatic N) is 5. The molecule has 14 aromatic carbocycles. The van der Waals surface area contributed by atoms with E-state index in [2.05, 4.69) is 387 Å². The van der Waals surface area contributed by atoms with Gasteiger partial charge in [0.15, 0.2) is 0 Å². The number of hydrogen-bond acceptors (Lipinski definition) is 5. The molecule has 15 aromatic rings. The van der Waals surface area contributed by atoms with Crippen LogP contribution in [0.1, 0.15) is 52.7 Å². The smallest absolute Gasteiger partial charge is 0.256 e. The number of benzene rings is 14. The van der Waals surface area contributed by atoms with Crippen molar-refractivity contribution in [1.82, 2.24) is 4.57 Å². The Morgan fingerprint density at radius 2 is 0.760 bits per heavy atom. The van der Waals surface area contributed by atoms with Crippen molar-refractivity contribution in [2.24, 2.45) is 0 Å². The van der Waals surface area contributed by atoms with E-state index in [0.717, 1.165) is 130 Å². The van der Waals surface area contributed by atoms with E-state index in [-0.39, 0.29) is 24.3 Å². The quantitative estimate of drug-likeness (QED) is 0.134. The molecule has 0 saturated carbocycles. The van der Waals surface area contributed by atoms with Gasteiger partial charge < -0.3 is 28.9 Å². The summed E-state index contributed by atoms with van der Waals surface area (Å²) in [6, 6.07) is 120. The SMILES string of the molecule is CC(C)(C)c1ccc2c(c1)c1cc(C(C)(C)C)ccc1n2-c1cc2c3c(c1)N(c1ccccc1)c1ccccc1B3c1cc3c(cc1O2)N(c1ccccc1-c1ccccc1)c1cc(N(c2ccccc2)c2ccccc2-c2ccccc2)cc2c1B3c1ccccc1N2c1ccccc1. The van der Waals surface area contributed by atoms with Gasteiger partial charge in [-0.3, -0.25) is 0 Å². The van der Waals surface area contributed by atoms with E-state index in [1.807, 2.05) is 0 Å². The molecule has 0 spiro atoms. The van der Waals surface area contributed by atoms with Crippen LogP contribution in [0, 0.1) is 0 Å². The van der Waals surface area contributed by atoms with E-state index >= 15 is 0 Å². The summed E-state index contributed by atoms with van der Waals surface area (Å²) >= 11 is 0. The van der Waals surface area contributed by atoms with Gasteiger partial charge in [-0.15, -0.1) is 0 Å². The maximum absolute atomic E-state index is 7.97. The molecule has 0 aliphatic carbocycles. The van der Waals surface area contributed by atoms with Gasteiger partial charge >= 0.3 is 0 Å². The maximum Gasteiger partial charge on any atom is 0.256 e. The van der Waals surface area contributed by atoms with Crippen LogP contribution >= 0.6 is 0 Å². The molecule has 0 amide bonds. The van der Waals surface area contributed by atoms with Crippen LogP contribution in [-0.4, -0.2) is 18.0 Å². The molecule has 1 aromatic heterocycles. The summed E-state index contributed by atoms with van der Waals surface area (Å²) in [5.74, 6) is 1.66. The molecule has 0 bridgehead atoms. The van der Waals surface area contributed by atoms with E-state index in [1.54, 1.807) is 0 Å². The first-order valence-electron chi connectivity index (χ1n) is 35.0. The molecule has 4 aliphatic heterocycles. The molecule has 5 heterocycles. The molecule has 19 rings (SSSR count). The minimum Gasteiger partial charge on any atom is -0.458 e. The summed E-state index contributed by atoms with van der Waals surface area (Å²) < 4.78 is 10.5. The van der Waals surface area contributed by atoms with Gasteiger partial charge in [-0.2, -0.15) is 0 Å². The van der Waals surface area contributed by atoms with Crippen LogP contribution < -0.4 is 57.1 Å².